The van der Waals surface area contributed by atoms with Gasteiger partial charge in [0.2, 0.25) is 0 Å². The Balaban J connectivity index is 2.19. The summed E-state index contributed by atoms with van der Waals surface area (Å²) in [5.41, 5.74) is 0. The molecule has 0 aliphatic carbocycles. The summed E-state index contributed by atoms with van der Waals surface area (Å²) < 4.78 is 2.06. The van der Waals surface area contributed by atoms with Crippen molar-refractivity contribution in [1.29, 1.82) is 0 Å². The summed E-state index contributed by atoms with van der Waals surface area (Å²) in [7, 11) is 0. The monoisotopic (exact) mass is 146 g/mol. The average molecular weight is 146 g/mol. The number of allylic oxidation sites excluding steroid dienone is 2. The second-order valence-corrected chi connectivity index (χ2v) is 2.45. The van der Waals surface area contributed by atoms with Crippen molar-refractivity contribution >= 4 is 0 Å². The van der Waals surface area contributed by atoms with Gasteiger partial charge in [-0.05, 0) is 18.2 Å². The maximum absolute atomic E-state index is 2.12. The van der Waals surface area contributed by atoms with Crippen LogP contribution in [-0.4, -0.2) is 11.2 Å². The van der Waals surface area contributed by atoms with Gasteiger partial charge in [0, 0.05) is 18.6 Å². The quantitative estimate of drug-likeness (QED) is 0.583. The minimum absolute atomic E-state index is 0.950. The predicted octanol–water partition coefficient (Wildman–Crippen LogP) is 1.51. The third kappa shape index (κ3) is 1.19. The molecule has 2 rings (SSSR count). The van der Waals surface area contributed by atoms with Crippen LogP contribution >= 0.6 is 0 Å². The Labute approximate surface area is 66.0 Å². The molecule has 0 fully saturated rings. The summed E-state index contributed by atoms with van der Waals surface area (Å²) in [4.78, 5) is 0. The maximum atomic E-state index is 2.12. The van der Waals surface area contributed by atoms with Crippen LogP contribution in [0.25, 0.3) is 0 Å². The zero-order valence-electron chi connectivity index (χ0n) is 6.22. The summed E-state index contributed by atoms with van der Waals surface area (Å²) in [5.74, 6) is 0. The number of nitrogens with zero attached hydrogens (tertiary/aromatic N) is 2. The Hall–Kier alpha value is -1.44. The number of hydrogen-bond acceptors (Lipinski definition) is 1. The van der Waals surface area contributed by atoms with Crippen molar-refractivity contribution in [2.24, 2.45) is 0 Å². The van der Waals surface area contributed by atoms with Gasteiger partial charge in [0.25, 0.3) is 0 Å². The lowest BCUT2D eigenvalue weighted by Crippen LogP contribution is -2.28. The van der Waals surface area contributed by atoms with E-state index in [1.165, 1.54) is 0 Å². The molecule has 2 heterocycles. The fourth-order valence-corrected chi connectivity index (χ4v) is 1.13. The van der Waals surface area contributed by atoms with Crippen molar-refractivity contribution in [1.82, 2.24) is 4.68 Å². The van der Waals surface area contributed by atoms with Gasteiger partial charge < -0.3 is 0 Å². The van der Waals surface area contributed by atoms with Gasteiger partial charge in [-0.2, -0.15) is 0 Å². The molecule has 0 saturated heterocycles. The molecule has 0 bridgehead atoms. The average Bonchev–Trinajstić information content (AvgIpc) is 2.58. The summed E-state index contributed by atoms with van der Waals surface area (Å²) >= 11 is 0. The largest absolute Gasteiger partial charge is 0.285 e. The molecule has 0 spiro atoms. The molecule has 1 aliphatic heterocycles. The Morgan fingerprint density at radius 1 is 1.00 bits per heavy atom. The van der Waals surface area contributed by atoms with Gasteiger partial charge in [-0.3, -0.25) is 9.69 Å². The first-order valence-electron chi connectivity index (χ1n) is 3.70. The summed E-state index contributed by atoms with van der Waals surface area (Å²) in [6.45, 7) is 0.950. The molecular weight excluding hydrogens is 136 g/mol. The first-order chi connectivity index (χ1) is 5.47. The number of aromatic nitrogens is 1. The van der Waals surface area contributed by atoms with E-state index in [0.717, 1.165) is 6.54 Å². The lowest BCUT2D eigenvalue weighted by molar-refractivity contribution is 0.728. The summed E-state index contributed by atoms with van der Waals surface area (Å²) in [5, 5.41) is 2.12. The van der Waals surface area contributed by atoms with Crippen LogP contribution in [0.3, 0.4) is 0 Å². The van der Waals surface area contributed by atoms with Crippen LogP contribution in [0, 0.1) is 0 Å². The van der Waals surface area contributed by atoms with Crippen molar-refractivity contribution in [3.8, 4) is 0 Å². The van der Waals surface area contributed by atoms with Crippen molar-refractivity contribution in [3.63, 3.8) is 0 Å². The van der Waals surface area contributed by atoms with Crippen molar-refractivity contribution in [2.75, 3.05) is 11.6 Å². The van der Waals surface area contributed by atoms with E-state index in [2.05, 4.69) is 28.0 Å². The molecule has 0 atom stereocenters. The topological polar surface area (TPSA) is 8.17 Å². The van der Waals surface area contributed by atoms with Gasteiger partial charge in [0.05, 0.1) is 6.54 Å². The molecule has 2 nitrogen and oxygen atoms in total. The van der Waals surface area contributed by atoms with Crippen molar-refractivity contribution < 1.29 is 0 Å². The van der Waals surface area contributed by atoms with Crippen LogP contribution in [0.2, 0.25) is 0 Å². The van der Waals surface area contributed by atoms with Crippen molar-refractivity contribution in [2.45, 2.75) is 0 Å². The minimum atomic E-state index is 0.950. The zero-order valence-corrected chi connectivity index (χ0v) is 6.22. The number of hydrogen-bond donors (Lipinski definition) is 0. The Morgan fingerprint density at radius 2 is 1.82 bits per heavy atom. The van der Waals surface area contributed by atoms with E-state index in [1.807, 2.05) is 30.6 Å². The van der Waals surface area contributed by atoms with E-state index in [-0.39, 0.29) is 0 Å². The van der Waals surface area contributed by atoms with Crippen LogP contribution < -0.4 is 5.01 Å². The maximum Gasteiger partial charge on any atom is 0.0576 e. The molecule has 1 aliphatic rings. The lowest BCUT2D eigenvalue weighted by atomic mass is 10.4. The molecule has 56 valence electrons. The second kappa shape index (κ2) is 2.66. The summed E-state index contributed by atoms with van der Waals surface area (Å²) in [6.07, 6.45) is 12.3. The first kappa shape index (κ1) is 6.28. The van der Waals surface area contributed by atoms with Crippen LogP contribution in [0.5, 0.6) is 0 Å². The normalized spacial score (nSPS) is 15.8. The van der Waals surface area contributed by atoms with E-state index in [4.69, 9.17) is 0 Å². The summed E-state index contributed by atoms with van der Waals surface area (Å²) in [6, 6.07) is 4.04. The Morgan fingerprint density at radius 3 is 2.45 bits per heavy atom. The van der Waals surface area contributed by atoms with E-state index in [9.17, 15) is 0 Å². The minimum Gasteiger partial charge on any atom is -0.285 e. The van der Waals surface area contributed by atoms with Gasteiger partial charge in [0.1, 0.15) is 0 Å². The van der Waals surface area contributed by atoms with E-state index in [1.54, 1.807) is 0 Å². The highest BCUT2D eigenvalue weighted by molar-refractivity contribution is 5.19. The highest BCUT2D eigenvalue weighted by atomic mass is 15.5. The molecule has 0 amide bonds. The molecule has 2 heteroatoms. The van der Waals surface area contributed by atoms with Gasteiger partial charge in [-0.1, -0.05) is 12.2 Å². The Bertz CT molecular complexity index is 270. The van der Waals surface area contributed by atoms with E-state index >= 15 is 0 Å². The molecule has 11 heavy (non-hydrogen) atoms. The third-order valence-electron chi connectivity index (χ3n) is 1.68. The SMILES string of the molecule is C1=CCN(n2cccc2)C=C1. The molecule has 0 unspecified atom stereocenters. The zero-order chi connectivity index (χ0) is 7.52. The molecule has 0 saturated carbocycles. The molecular formula is C9H10N2. The molecule has 0 radical (unpaired) electrons. The third-order valence-corrected chi connectivity index (χ3v) is 1.68. The fraction of sp³-hybridized carbons (Fsp3) is 0.111. The lowest BCUT2D eigenvalue weighted by Gasteiger charge is -2.21. The van der Waals surface area contributed by atoms with Gasteiger partial charge in [0.15, 0.2) is 0 Å². The van der Waals surface area contributed by atoms with E-state index in [0.29, 0.717) is 0 Å². The van der Waals surface area contributed by atoms with Crippen molar-refractivity contribution in [3.05, 3.63) is 49.0 Å². The first-order valence-corrected chi connectivity index (χ1v) is 3.70. The van der Waals surface area contributed by atoms with E-state index < -0.39 is 0 Å². The molecule has 0 N–H and O–H groups in total. The molecule has 1 aromatic rings. The molecule has 1 aromatic heterocycles. The predicted molar refractivity (Wildman–Crippen MR) is 45.8 cm³/mol. The smallest absolute Gasteiger partial charge is 0.0576 e. The Kier molecular flexibility index (Phi) is 1.52. The molecule has 0 aromatic carbocycles. The van der Waals surface area contributed by atoms with Crippen LogP contribution in [-0.2, 0) is 0 Å². The van der Waals surface area contributed by atoms with Gasteiger partial charge >= 0.3 is 0 Å². The van der Waals surface area contributed by atoms with Gasteiger partial charge in [-0.15, -0.1) is 0 Å². The second-order valence-electron chi connectivity index (χ2n) is 2.45. The standard InChI is InChI=1S/C9H10N2/c1-2-6-10(7-3-1)11-8-4-5-9-11/h1-6,8-9H,7H2. The fourth-order valence-electron chi connectivity index (χ4n) is 1.13. The highest BCUT2D eigenvalue weighted by Crippen LogP contribution is 1.99. The highest BCUT2D eigenvalue weighted by Gasteiger charge is 1.98. The van der Waals surface area contributed by atoms with Gasteiger partial charge in [-0.25, -0.2) is 0 Å². The van der Waals surface area contributed by atoms with Crippen LogP contribution in [0.4, 0.5) is 0 Å². The number of rotatable bonds is 1. The van der Waals surface area contributed by atoms with Crippen LogP contribution in [0.15, 0.2) is 49.0 Å². The van der Waals surface area contributed by atoms with Crippen LogP contribution in [0.1, 0.15) is 0 Å².